The average molecular weight is 294 g/mol. The van der Waals surface area contributed by atoms with E-state index in [4.69, 9.17) is 0 Å². The van der Waals surface area contributed by atoms with E-state index in [1.165, 1.54) is 4.31 Å². The van der Waals surface area contributed by atoms with Gasteiger partial charge in [0.15, 0.2) is 0 Å². The number of para-hydroxylation sites is 1. The van der Waals surface area contributed by atoms with Gasteiger partial charge in [-0.3, -0.25) is 9.10 Å². The van der Waals surface area contributed by atoms with Gasteiger partial charge >= 0.3 is 10.2 Å². The maximum atomic E-state index is 12.3. The zero-order valence-electron chi connectivity index (χ0n) is 11.2. The van der Waals surface area contributed by atoms with Crippen molar-refractivity contribution >= 4 is 21.8 Å². The molecule has 0 radical (unpaired) electrons. The number of hydrogen-bond acceptors (Lipinski definition) is 3. The van der Waals surface area contributed by atoms with Crippen LogP contribution in [0.3, 0.4) is 0 Å². The second-order valence-electron chi connectivity index (χ2n) is 4.66. The van der Waals surface area contributed by atoms with Gasteiger partial charge in [0.1, 0.15) is 0 Å². The molecule has 6 heteroatoms. The van der Waals surface area contributed by atoms with E-state index in [0.29, 0.717) is 18.7 Å². The average Bonchev–Trinajstić information content (AvgIpc) is 2.44. The van der Waals surface area contributed by atoms with Crippen LogP contribution in [0.15, 0.2) is 36.9 Å². The molecule has 0 aromatic heterocycles. The van der Waals surface area contributed by atoms with Gasteiger partial charge in [0, 0.05) is 13.0 Å². The van der Waals surface area contributed by atoms with Crippen LogP contribution in [0.25, 0.3) is 0 Å². The van der Waals surface area contributed by atoms with Crippen molar-refractivity contribution in [2.45, 2.75) is 25.7 Å². The molecule has 20 heavy (non-hydrogen) atoms. The Kier molecular flexibility index (Phi) is 4.44. The number of hydrogen-bond donors (Lipinski definition) is 1. The lowest BCUT2D eigenvalue weighted by molar-refractivity contribution is -0.119. The van der Waals surface area contributed by atoms with Gasteiger partial charge in [0.25, 0.3) is 0 Å². The molecule has 0 unspecified atom stereocenters. The van der Waals surface area contributed by atoms with Gasteiger partial charge < -0.3 is 0 Å². The Morgan fingerprint density at radius 1 is 1.40 bits per heavy atom. The first-order valence-electron chi connectivity index (χ1n) is 6.56. The molecule has 1 N–H and O–H groups in total. The van der Waals surface area contributed by atoms with Gasteiger partial charge in [-0.2, -0.15) is 8.42 Å². The van der Waals surface area contributed by atoms with E-state index >= 15 is 0 Å². The minimum atomic E-state index is -3.83. The summed E-state index contributed by atoms with van der Waals surface area (Å²) in [5.74, 6) is -0.507. The molecule has 5 nitrogen and oxygen atoms in total. The lowest BCUT2D eigenvalue weighted by Gasteiger charge is -2.30. The van der Waals surface area contributed by atoms with Crippen molar-refractivity contribution in [2.24, 2.45) is 0 Å². The van der Waals surface area contributed by atoms with Gasteiger partial charge in [0.05, 0.1) is 5.69 Å². The molecule has 1 heterocycles. The van der Waals surface area contributed by atoms with Gasteiger partial charge in [-0.15, -0.1) is 6.58 Å². The molecule has 0 saturated heterocycles. The Morgan fingerprint density at radius 3 is 2.90 bits per heavy atom. The van der Waals surface area contributed by atoms with Crippen molar-refractivity contribution < 1.29 is 13.2 Å². The van der Waals surface area contributed by atoms with E-state index < -0.39 is 16.1 Å². The smallest absolute Gasteiger partial charge is 0.274 e. The summed E-state index contributed by atoms with van der Waals surface area (Å²) in [5, 5.41) is 0. The predicted molar refractivity (Wildman–Crippen MR) is 78.6 cm³/mol. The van der Waals surface area contributed by atoms with Gasteiger partial charge in [-0.05, 0) is 30.9 Å². The SMILES string of the molecule is C=CCCC(=O)NS(=O)(=O)N1CCCc2ccccc21. The molecular weight excluding hydrogens is 276 g/mol. The van der Waals surface area contributed by atoms with Gasteiger partial charge in [0.2, 0.25) is 5.91 Å². The fourth-order valence-electron chi connectivity index (χ4n) is 2.23. The third-order valence-corrected chi connectivity index (χ3v) is 4.62. The topological polar surface area (TPSA) is 66.5 Å². The lowest BCUT2D eigenvalue weighted by atomic mass is 10.0. The Balaban J connectivity index is 2.19. The van der Waals surface area contributed by atoms with Crippen molar-refractivity contribution in [3.05, 3.63) is 42.5 Å². The first kappa shape index (κ1) is 14.6. The molecule has 0 atom stereocenters. The molecule has 1 aliphatic heterocycles. The summed E-state index contributed by atoms with van der Waals surface area (Å²) < 4.78 is 28.0. The predicted octanol–water partition coefficient (Wildman–Crippen LogP) is 1.77. The van der Waals surface area contributed by atoms with Crippen molar-refractivity contribution in [3.8, 4) is 0 Å². The molecule has 108 valence electrons. The van der Waals surface area contributed by atoms with Crippen LogP contribution in [0.1, 0.15) is 24.8 Å². The van der Waals surface area contributed by atoms with Crippen molar-refractivity contribution in [3.63, 3.8) is 0 Å². The van der Waals surface area contributed by atoms with Crippen LogP contribution in [0.5, 0.6) is 0 Å². The fourth-order valence-corrected chi connectivity index (χ4v) is 3.54. The monoisotopic (exact) mass is 294 g/mol. The minimum Gasteiger partial charge on any atom is -0.274 e. The van der Waals surface area contributed by atoms with E-state index in [9.17, 15) is 13.2 Å². The summed E-state index contributed by atoms with van der Waals surface area (Å²) in [4.78, 5) is 11.6. The summed E-state index contributed by atoms with van der Waals surface area (Å²) >= 11 is 0. The van der Waals surface area contributed by atoms with E-state index in [2.05, 4.69) is 11.3 Å². The number of nitrogens with zero attached hydrogens (tertiary/aromatic N) is 1. The number of carbonyl (C=O) groups is 1. The second kappa shape index (κ2) is 6.09. The summed E-state index contributed by atoms with van der Waals surface area (Å²) in [5.41, 5.74) is 1.64. The van der Waals surface area contributed by atoms with E-state index in [1.54, 1.807) is 18.2 Å². The van der Waals surface area contributed by atoms with Gasteiger partial charge in [-0.1, -0.05) is 24.3 Å². The molecule has 1 aromatic carbocycles. The quantitative estimate of drug-likeness (QED) is 0.842. The van der Waals surface area contributed by atoms with Crippen LogP contribution in [-0.2, 0) is 21.4 Å². The number of benzene rings is 1. The summed E-state index contributed by atoms with van der Waals surface area (Å²) in [6, 6.07) is 7.36. The molecule has 1 aromatic rings. The van der Waals surface area contributed by atoms with Crippen molar-refractivity contribution in [1.82, 2.24) is 4.72 Å². The fraction of sp³-hybridized carbons (Fsp3) is 0.357. The third-order valence-electron chi connectivity index (χ3n) is 3.18. The number of rotatable bonds is 5. The summed E-state index contributed by atoms with van der Waals surface area (Å²) in [6.45, 7) is 3.90. The zero-order valence-corrected chi connectivity index (χ0v) is 12.0. The molecule has 0 spiro atoms. The molecule has 1 aliphatic rings. The molecular formula is C14H18N2O3S. The van der Waals surface area contributed by atoms with Crippen molar-refractivity contribution in [1.29, 1.82) is 0 Å². The number of carbonyl (C=O) groups excluding carboxylic acids is 1. The van der Waals surface area contributed by atoms with E-state index in [0.717, 1.165) is 18.4 Å². The van der Waals surface area contributed by atoms with Crippen LogP contribution in [0.2, 0.25) is 0 Å². The van der Waals surface area contributed by atoms with Crippen LogP contribution in [0, 0.1) is 0 Å². The largest absolute Gasteiger partial charge is 0.326 e. The Hall–Kier alpha value is -1.82. The number of nitrogens with one attached hydrogen (secondary N) is 1. The van der Waals surface area contributed by atoms with Crippen LogP contribution in [0.4, 0.5) is 5.69 Å². The van der Waals surface area contributed by atoms with Gasteiger partial charge in [-0.25, -0.2) is 4.72 Å². The zero-order chi connectivity index (χ0) is 14.6. The van der Waals surface area contributed by atoms with Crippen LogP contribution >= 0.6 is 0 Å². The van der Waals surface area contributed by atoms with Crippen LogP contribution < -0.4 is 9.03 Å². The molecule has 0 bridgehead atoms. The lowest BCUT2D eigenvalue weighted by Crippen LogP contribution is -2.45. The highest BCUT2D eigenvalue weighted by Gasteiger charge is 2.28. The highest BCUT2D eigenvalue weighted by Crippen LogP contribution is 2.28. The molecule has 1 amide bonds. The Bertz CT molecular complexity index is 611. The second-order valence-corrected chi connectivity index (χ2v) is 6.26. The normalized spacial score (nSPS) is 14.5. The molecule has 0 saturated carbocycles. The Labute approximate surface area is 119 Å². The highest BCUT2D eigenvalue weighted by atomic mass is 32.2. The van der Waals surface area contributed by atoms with E-state index in [1.807, 2.05) is 12.1 Å². The number of anilines is 1. The van der Waals surface area contributed by atoms with E-state index in [-0.39, 0.29) is 6.42 Å². The molecule has 0 fully saturated rings. The van der Waals surface area contributed by atoms with Crippen LogP contribution in [-0.4, -0.2) is 20.9 Å². The third kappa shape index (κ3) is 3.19. The number of allylic oxidation sites excluding steroid dienone is 1. The maximum absolute atomic E-state index is 12.3. The summed E-state index contributed by atoms with van der Waals surface area (Å²) in [7, 11) is -3.83. The first-order valence-corrected chi connectivity index (χ1v) is 8.01. The maximum Gasteiger partial charge on any atom is 0.326 e. The number of aryl methyl sites for hydroxylation is 1. The first-order chi connectivity index (χ1) is 9.54. The standard InChI is InChI=1S/C14H18N2O3S/c1-2-3-10-14(17)15-20(18,19)16-11-6-8-12-7-4-5-9-13(12)16/h2,4-5,7,9H,1,3,6,8,10-11H2,(H,15,17). The minimum absolute atomic E-state index is 0.123. The highest BCUT2D eigenvalue weighted by molar-refractivity contribution is 7.91. The number of fused-ring (bicyclic) bond motifs is 1. The molecule has 0 aliphatic carbocycles. The number of amides is 1. The summed E-state index contributed by atoms with van der Waals surface area (Å²) in [6.07, 6.45) is 3.77. The molecule has 2 rings (SSSR count). The Morgan fingerprint density at radius 2 is 2.15 bits per heavy atom. The van der Waals surface area contributed by atoms with Crippen molar-refractivity contribution in [2.75, 3.05) is 10.8 Å².